The van der Waals surface area contributed by atoms with Crippen LogP contribution in [-0.4, -0.2) is 15.5 Å². The summed E-state index contributed by atoms with van der Waals surface area (Å²) in [6.45, 7) is 1.89. The molecule has 0 radical (unpaired) electrons. The highest BCUT2D eigenvalue weighted by molar-refractivity contribution is 9.10. The standard InChI is InChI=1S/C15H11BrN2O2/c1-9-17-13-8-10(15(19)20)2-7-14(13)18(9)12-5-3-11(16)4-6-12/h2-8H,1H3,(H,19,20)/p-1. The average molecular weight is 330 g/mol. The van der Waals surface area contributed by atoms with E-state index in [0.29, 0.717) is 5.52 Å². The molecule has 3 aromatic rings. The highest BCUT2D eigenvalue weighted by Gasteiger charge is 2.10. The molecule has 0 amide bonds. The minimum absolute atomic E-state index is 0.137. The van der Waals surface area contributed by atoms with Crippen molar-refractivity contribution in [3.8, 4) is 5.69 Å². The summed E-state index contributed by atoms with van der Waals surface area (Å²) in [7, 11) is 0. The lowest BCUT2D eigenvalue weighted by Crippen LogP contribution is -2.21. The van der Waals surface area contributed by atoms with Crippen LogP contribution in [0.5, 0.6) is 0 Å². The maximum absolute atomic E-state index is 10.9. The molecule has 1 aromatic heterocycles. The normalized spacial score (nSPS) is 10.9. The van der Waals surface area contributed by atoms with Crippen LogP contribution in [0.2, 0.25) is 0 Å². The number of hydrogen-bond donors (Lipinski definition) is 0. The van der Waals surface area contributed by atoms with Crippen molar-refractivity contribution in [3.05, 3.63) is 58.3 Å². The van der Waals surface area contributed by atoms with Gasteiger partial charge < -0.3 is 9.90 Å². The Kier molecular flexibility index (Phi) is 3.06. The van der Waals surface area contributed by atoms with Crippen molar-refractivity contribution < 1.29 is 9.90 Å². The van der Waals surface area contributed by atoms with E-state index in [1.54, 1.807) is 6.07 Å². The summed E-state index contributed by atoms with van der Waals surface area (Å²) in [6.07, 6.45) is 0. The van der Waals surface area contributed by atoms with Crippen LogP contribution >= 0.6 is 15.9 Å². The number of aromatic carboxylic acids is 1. The van der Waals surface area contributed by atoms with Gasteiger partial charge in [-0.05, 0) is 48.9 Å². The smallest absolute Gasteiger partial charge is 0.111 e. The Bertz CT molecular complexity index is 807. The number of imidazole rings is 1. The first kappa shape index (κ1) is 12.9. The molecule has 100 valence electrons. The molecule has 0 aliphatic rings. The predicted octanol–water partition coefficient (Wildman–Crippen LogP) is 2.46. The highest BCUT2D eigenvalue weighted by Crippen LogP contribution is 2.23. The molecule has 3 rings (SSSR count). The third-order valence-corrected chi connectivity index (χ3v) is 3.67. The lowest BCUT2D eigenvalue weighted by molar-refractivity contribution is -0.255. The number of benzene rings is 2. The molecule has 0 saturated carbocycles. The largest absolute Gasteiger partial charge is 0.545 e. The molecule has 0 atom stereocenters. The van der Waals surface area contributed by atoms with Crippen molar-refractivity contribution >= 4 is 32.9 Å². The summed E-state index contributed by atoms with van der Waals surface area (Å²) in [5.74, 6) is -0.388. The first-order chi connectivity index (χ1) is 9.56. The van der Waals surface area contributed by atoms with Crippen molar-refractivity contribution in [2.75, 3.05) is 0 Å². The lowest BCUT2D eigenvalue weighted by Gasteiger charge is -2.07. The number of rotatable bonds is 2. The van der Waals surface area contributed by atoms with Gasteiger partial charge in [-0.1, -0.05) is 22.0 Å². The third-order valence-electron chi connectivity index (χ3n) is 3.14. The van der Waals surface area contributed by atoms with Gasteiger partial charge in [0.25, 0.3) is 0 Å². The number of nitrogens with zero attached hydrogens (tertiary/aromatic N) is 2. The number of fused-ring (bicyclic) bond motifs is 1. The molecule has 0 bridgehead atoms. The van der Waals surface area contributed by atoms with Gasteiger partial charge >= 0.3 is 0 Å². The van der Waals surface area contributed by atoms with Crippen molar-refractivity contribution in [2.45, 2.75) is 6.92 Å². The fourth-order valence-corrected chi connectivity index (χ4v) is 2.51. The van der Waals surface area contributed by atoms with Crippen molar-refractivity contribution in [3.63, 3.8) is 0 Å². The summed E-state index contributed by atoms with van der Waals surface area (Å²) in [6, 6.07) is 12.7. The van der Waals surface area contributed by atoms with Gasteiger partial charge in [-0.15, -0.1) is 0 Å². The Morgan fingerprint density at radius 3 is 2.55 bits per heavy atom. The van der Waals surface area contributed by atoms with Gasteiger partial charge in [0.15, 0.2) is 0 Å². The number of carbonyl (C=O) groups excluding carboxylic acids is 1. The molecule has 5 heteroatoms. The van der Waals surface area contributed by atoms with E-state index in [-0.39, 0.29) is 5.56 Å². The van der Waals surface area contributed by atoms with Gasteiger partial charge in [0.05, 0.1) is 17.0 Å². The summed E-state index contributed by atoms with van der Waals surface area (Å²) in [5.41, 5.74) is 2.63. The van der Waals surface area contributed by atoms with Gasteiger partial charge in [-0.25, -0.2) is 4.98 Å². The van der Waals surface area contributed by atoms with E-state index >= 15 is 0 Å². The van der Waals surface area contributed by atoms with Gasteiger partial charge in [-0.2, -0.15) is 0 Å². The Hall–Kier alpha value is -2.14. The number of aryl methyl sites for hydroxylation is 1. The van der Waals surface area contributed by atoms with Gasteiger partial charge in [0.2, 0.25) is 0 Å². The fraction of sp³-hybridized carbons (Fsp3) is 0.0667. The van der Waals surface area contributed by atoms with E-state index < -0.39 is 5.97 Å². The van der Waals surface area contributed by atoms with Crippen LogP contribution < -0.4 is 5.11 Å². The molecule has 1 heterocycles. The Morgan fingerprint density at radius 2 is 1.90 bits per heavy atom. The molecule has 4 nitrogen and oxygen atoms in total. The monoisotopic (exact) mass is 329 g/mol. The molecule has 2 aromatic carbocycles. The zero-order valence-electron chi connectivity index (χ0n) is 10.6. The van der Waals surface area contributed by atoms with Crippen LogP contribution in [0.15, 0.2) is 46.9 Å². The lowest BCUT2D eigenvalue weighted by atomic mass is 10.2. The second-order valence-corrected chi connectivity index (χ2v) is 5.38. The molecule has 0 fully saturated rings. The minimum atomic E-state index is -1.19. The van der Waals surface area contributed by atoms with E-state index in [0.717, 1.165) is 21.5 Å². The Labute approximate surface area is 123 Å². The molecule has 0 aliphatic carbocycles. The number of carboxylic acid groups (broad SMARTS) is 1. The minimum Gasteiger partial charge on any atom is -0.545 e. The van der Waals surface area contributed by atoms with Gasteiger partial charge in [0, 0.05) is 10.2 Å². The van der Waals surface area contributed by atoms with Crippen LogP contribution in [0.1, 0.15) is 16.2 Å². The Balaban J connectivity index is 2.23. The predicted molar refractivity (Wildman–Crippen MR) is 77.8 cm³/mol. The molecular formula is C15H10BrN2O2-. The molecule has 0 aliphatic heterocycles. The Morgan fingerprint density at radius 1 is 1.20 bits per heavy atom. The van der Waals surface area contributed by atoms with Gasteiger partial charge in [0.1, 0.15) is 5.82 Å². The number of hydrogen-bond acceptors (Lipinski definition) is 3. The number of halogens is 1. The zero-order valence-corrected chi connectivity index (χ0v) is 12.2. The quantitative estimate of drug-likeness (QED) is 0.725. The van der Waals surface area contributed by atoms with Crippen LogP contribution in [-0.2, 0) is 0 Å². The number of aromatic nitrogens is 2. The zero-order chi connectivity index (χ0) is 14.3. The first-order valence-corrected chi connectivity index (χ1v) is 6.82. The highest BCUT2D eigenvalue weighted by atomic mass is 79.9. The molecule has 0 saturated heterocycles. The summed E-state index contributed by atoms with van der Waals surface area (Å²) >= 11 is 3.41. The van der Waals surface area contributed by atoms with E-state index in [1.807, 2.05) is 35.8 Å². The molecule has 0 N–H and O–H groups in total. The second-order valence-electron chi connectivity index (χ2n) is 4.46. The average Bonchev–Trinajstić information content (AvgIpc) is 2.74. The number of carbonyl (C=O) groups is 1. The maximum atomic E-state index is 10.9. The first-order valence-electron chi connectivity index (χ1n) is 6.02. The summed E-state index contributed by atoms with van der Waals surface area (Å²) < 4.78 is 2.99. The molecule has 0 unspecified atom stereocenters. The third kappa shape index (κ3) is 2.10. The van der Waals surface area contributed by atoms with Crippen LogP contribution in [0.4, 0.5) is 0 Å². The maximum Gasteiger partial charge on any atom is 0.111 e. The van der Waals surface area contributed by atoms with Crippen molar-refractivity contribution in [2.24, 2.45) is 0 Å². The van der Waals surface area contributed by atoms with Gasteiger partial charge in [-0.3, -0.25) is 4.57 Å². The van der Waals surface area contributed by atoms with E-state index in [1.165, 1.54) is 12.1 Å². The topological polar surface area (TPSA) is 57.9 Å². The van der Waals surface area contributed by atoms with Crippen molar-refractivity contribution in [1.29, 1.82) is 0 Å². The summed E-state index contributed by atoms with van der Waals surface area (Å²) in [5, 5.41) is 10.9. The number of carboxylic acids is 1. The summed E-state index contributed by atoms with van der Waals surface area (Å²) in [4.78, 5) is 15.3. The van der Waals surface area contributed by atoms with E-state index in [9.17, 15) is 9.90 Å². The van der Waals surface area contributed by atoms with Crippen LogP contribution in [0.25, 0.3) is 16.7 Å². The van der Waals surface area contributed by atoms with Crippen LogP contribution in [0.3, 0.4) is 0 Å². The molecule has 20 heavy (non-hydrogen) atoms. The second kappa shape index (κ2) is 4.76. The van der Waals surface area contributed by atoms with E-state index in [2.05, 4.69) is 20.9 Å². The molecular weight excluding hydrogens is 320 g/mol. The SMILES string of the molecule is Cc1nc2cc(C(=O)[O-])ccc2n1-c1ccc(Br)cc1. The van der Waals surface area contributed by atoms with Crippen LogP contribution in [0, 0.1) is 6.92 Å². The fourth-order valence-electron chi connectivity index (χ4n) is 2.24. The van der Waals surface area contributed by atoms with Crippen molar-refractivity contribution in [1.82, 2.24) is 9.55 Å². The molecule has 0 spiro atoms. The van der Waals surface area contributed by atoms with E-state index in [4.69, 9.17) is 0 Å².